The van der Waals surface area contributed by atoms with E-state index in [0.29, 0.717) is 15.7 Å². The quantitative estimate of drug-likeness (QED) is 0.679. The fraction of sp³-hybridized carbons (Fsp3) is 0. The van der Waals surface area contributed by atoms with Crippen LogP contribution >= 0.6 is 15.9 Å². The van der Waals surface area contributed by atoms with Crippen LogP contribution in [0.5, 0.6) is 0 Å². The summed E-state index contributed by atoms with van der Waals surface area (Å²) in [6.45, 7) is 0. The number of rotatable bonds is 2. The zero-order valence-corrected chi connectivity index (χ0v) is 11.5. The second kappa shape index (κ2) is 4.90. The molecule has 0 N–H and O–H groups in total. The van der Waals surface area contributed by atoms with Crippen molar-refractivity contribution in [3.8, 4) is 0 Å². The molecule has 3 aromatic rings. The highest BCUT2D eigenvalue weighted by Gasteiger charge is 2.14. The molecule has 0 spiro atoms. The van der Waals surface area contributed by atoms with Gasteiger partial charge in [-0.3, -0.25) is 14.8 Å². The smallest absolute Gasteiger partial charge is 0.212 e. The summed E-state index contributed by atoms with van der Waals surface area (Å²) in [5.74, 6) is -0.0989. The van der Waals surface area contributed by atoms with Crippen LogP contribution in [-0.2, 0) is 0 Å². The number of carbonyl (C=O) groups excluding carboxylic acids is 1. The minimum Gasteiger partial charge on any atom is -0.287 e. The summed E-state index contributed by atoms with van der Waals surface area (Å²) in [5, 5.41) is 0.945. The van der Waals surface area contributed by atoms with E-state index in [1.807, 2.05) is 30.3 Å². The molecule has 0 radical (unpaired) electrons. The summed E-state index contributed by atoms with van der Waals surface area (Å²) in [4.78, 5) is 20.8. The summed E-state index contributed by atoms with van der Waals surface area (Å²) in [6.07, 6.45) is 3.35. The summed E-state index contributed by atoms with van der Waals surface area (Å²) in [5.41, 5.74) is 1.91. The van der Waals surface area contributed by atoms with Gasteiger partial charge in [0.2, 0.25) is 5.78 Å². The van der Waals surface area contributed by atoms with Gasteiger partial charge in [-0.1, -0.05) is 6.07 Å². The molecule has 0 aliphatic heterocycles. The highest BCUT2D eigenvalue weighted by Crippen LogP contribution is 2.20. The number of pyridine rings is 2. The van der Waals surface area contributed by atoms with Gasteiger partial charge in [0.1, 0.15) is 5.69 Å². The van der Waals surface area contributed by atoms with Crippen LogP contribution in [0.15, 0.2) is 59.3 Å². The second-order valence-corrected chi connectivity index (χ2v) is 4.93. The Bertz CT molecular complexity index is 771. The first-order chi connectivity index (χ1) is 9.25. The van der Waals surface area contributed by atoms with Crippen molar-refractivity contribution in [1.29, 1.82) is 0 Å². The number of aromatic nitrogens is 2. The molecule has 0 aliphatic rings. The fourth-order valence-corrected chi connectivity index (χ4v) is 2.34. The second-order valence-electron chi connectivity index (χ2n) is 4.07. The Labute approximate surface area is 118 Å². The van der Waals surface area contributed by atoms with Crippen LogP contribution in [0.4, 0.5) is 0 Å². The number of hydrogen-bond donors (Lipinski definition) is 0. The number of halogens is 1. The average molecular weight is 313 g/mol. The molecule has 3 rings (SSSR count). The van der Waals surface area contributed by atoms with Crippen LogP contribution in [0.1, 0.15) is 16.1 Å². The van der Waals surface area contributed by atoms with Gasteiger partial charge in [0, 0.05) is 27.8 Å². The molecule has 0 fully saturated rings. The number of nitrogens with zero attached hydrogens (tertiary/aromatic N) is 2. The Morgan fingerprint density at radius 1 is 1.00 bits per heavy atom. The molecule has 0 unspecified atom stereocenters. The van der Waals surface area contributed by atoms with E-state index >= 15 is 0 Å². The van der Waals surface area contributed by atoms with Gasteiger partial charge in [-0.2, -0.15) is 0 Å². The summed E-state index contributed by atoms with van der Waals surface area (Å²) < 4.78 is 0.700. The molecule has 1 aromatic carbocycles. The van der Waals surface area contributed by atoms with Gasteiger partial charge in [-0.25, -0.2) is 0 Å². The predicted molar refractivity (Wildman–Crippen MR) is 77.1 cm³/mol. The molecule has 92 valence electrons. The lowest BCUT2D eigenvalue weighted by molar-refractivity contribution is 0.103. The van der Waals surface area contributed by atoms with Crippen LogP contribution in [-0.4, -0.2) is 15.8 Å². The minimum atomic E-state index is -0.0989. The Hall–Kier alpha value is -2.07. The maximum absolute atomic E-state index is 12.4. The van der Waals surface area contributed by atoms with Crippen molar-refractivity contribution in [3.63, 3.8) is 0 Å². The molecule has 0 amide bonds. The molecule has 0 saturated carbocycles. The molecule has 0 aliphatic carbocycles. The Morgan fingerprint density at radius 3 is 2.63 bits per heavy atom. The van der Waals surface area contributed by atoms with Crippen LogP contribution in [0.3, 0.4) is 0 Å². The van der Waals surface area contributed by atoms with Crippen LogP contribution in [0, 0.1) is 0 Å². The highest BCUT2D eigenvalue weighted by molar-refractivity contribution is 9.10. The third-order valence-electron chi connectivity index (χ3n) is 2.84. The molecular formula is C15H9BrN2O. The first-order valence-corrected chi connectivity index (χ1v) is 6.55. The van der Waals surface area contributed by atoms with Gasteiger partial charge >= 0.3 is 0 Å². The molecular weight excluding hydrogens is 304 g/mol. The molecule has 0 atom stereocenters. The number of ketones is 1. The molecule has 3 nitrogen and oxygen atoms in total. The fourth-order valence-electron chi connectivity index (χ4n) is 1.91. The van der Waals surface area contributed by atoms with Gasteiger partial charge < -0.3 is 0 Å². The third kappa shape index (κ3) is 2.27. The zero-order chi connectivity index (χ0) is 13.2. The molecule has 19 heavy (non-hydrogen) atoms. The lowest BCUT2D eigenvalue weighted by atomic mass is 10.1. The van der Waals surface area contributed by atoms with E-state index in [-0.39, 0.29) is 5.78 Å². The van der Waals surface area contributed by atoms with Crippen LogP contribution < -0.4 is 0 Å². The largest absolute Gasteiger partial charge is 0.287 e. The summed E-state index contributed by atoms with van der Waals surface area (Å²) in [6, 6.07) is 12.8. The van der Waals surface area contributed by atoms with Gasteiger partial charge in [-0.05, 0) is 52.3 Å². The predicted octanol–water partition coefficient (Wildman–Crippen LogP) is 3.62. The Morgan fingerprint density at radius 2 is 1.79 bits per heavy atom. The zero-order valence-electron chi connectivity index (χ0n) is 9.88. The van der Waals surface area contributed by atoms with Crippen molar-refractivity contribution in [2.75, 3.05) is 0 Å². The van der Waals surface area contributed by atoms with E-state index in [4.69, 9.17) is 0 Å². The van der Waals surface area contributed by atoms with E-state index in [9.17, 15) is 4.79 Å². The lowest BCUT2D eigenvalue weighted by Crippen LogP contribution is -2.04. The van der Waals surface area contributed by atoms with Crippen molar-refractivity contribution in [2.45, 2.75) is 0 Å². The molecule has 2 heterocycles. The van der Waals surface area contributed by atoms with Crippen LogP contribution in [0.25, 0.3) is 10.9 Å². The summed E-state index contributed by atoms with van der Waals surface area (Å²) >= 11 is 3.35. The van der Waals surface area contributed by atoms with E-state index in [2.05, 4.69) is 25.9 Å². The van der Waals surface area contributed by atoms with Gasteiger partial charge in [0.05, 0.1) is 5.52 Å². The maximum Gasteiger partial charge on any atom is 0.212 e. The topological polar surface area (TPSA) is 42.9 Å². The molecule has 2 aromatic heterocycles. The number of carbonyl (C=O) groups is 1. The van der Waals surface area contributed by atoms with Gasteiger partial charge in [0.25, 0.3) is 0 Å². The Kier molecular flexibility index (Phi) is 3.09. The van der Waals surface area contributed by atoms with Crippen molar-refractivity contribution in [1.82, 2.24) is 9.97 Å². The maximum atomic E-state index is 12.4. The monoisotopic (exact) mass is 312 g/mol. The first kappa shape index (κ1) is 12.0. The van der Waals surface area contributed by atoms with E-state index in [1.54, 1.807) is 24.5 Å². The third-order valence-corrected chi connectivity index (χ3v) is 3.48. The van der Waals surface area contributed by atoms with Crippen molar-refractivity contribution in [2.24, 2.45) is 0 Å². The minimum absolute atomic E-state index is 0.0989. The van der Waals surface area contributed by atoms with Crippen LogP contribution in [0.2, 0.25) is 0 Å². The van der Waals surface area contributed by atoms with Crippen molar-refractivity contribution in [3.05, 3.63) is 70.6 Å². The number of benzene rings is 1. The van der Waals surface area contributed by atoms with E-state index < -0.39 is 0 Å². The molecule has 0 saturated heterocycles. The Balaban J connectivity index is 2.09. The van der Waals surface area contributed by atoms with E-state index in [0.717, 1.165) is 10.9 Å². The average Bonchev–Trinajstić information content (AvgIpc) is 2.46. The summed E-state index contributed by atoms with van der Waals surface area (Å²) in [7, 11) is 0. The SMILES string of the molecule is O=C(c1ccc2ncccc2c1)c1ncccc1Br. The number of hydrogen-bond acceptors (Lipinski definition) is 3. The van der Waals surface area contributed by atoms with Gasteiger partial charge in [-0.15, -0.1) is 0 Å². The lowest BCUT2D eigenvalue weighted by Gasteiger charge is -2.04. The van der Waals surface area contributed by atoms with Crippen molar-refractivity contribution < 1.29 is 4.79 Å². The molecule has 4 heteroatoms. The highest BCUT2D eigenvalue weighted by atomic mass is 79.9. The van der Waals surface area contributed by atoms with Gasteiger partial charge in [0.15, 0.2) is 0 Å². The van der Waals surface area contributed by atoms with Crippen molar-refractivity contribution >= 4 is 32.6 Å². The van der Waals surface area contributed by atoms with E-state index in [1.165, 1.54) is 0 Å². The first-order valence-electron chi connectivity index (χ1n) is 5.76. The normalized spacial score (nSPS) is 10.6. The standard InChI is InChI=1S/C15H9BrN2O/c16-12-4-2-8-18-14(12)15(19)11-5-6-13-10(9-11)3-1-7-17-13/h1-9H. The number of fused-ring (bicyclic) bond motifs is 1. The molecule has 0 bridgehead atoms.